The molecule has 2 aromatic carbocycles. The van der Waals surface area contributed by atoms with Crippen LogP contribution in [0.1, 0.15) is 20.7 Å². The summed E-state index contributed by atoms with van der Waals surface area (Å²) in [4.78, 5) is 34.8. The van der Waals surface area contributed by atoms with E-state index in [1.807, 2.05) is 0 Å². The summed E-state index contributed by atoms with van der Waals surface area (Å²) < 4.78 is 0.845. The lowest BCUT2D eigenvalue weighted by molar-refractivity contribution is -0.111. The van der Waals surface area contributed by atoms with Gasteiger partial charge in [0.05, 0.1) is 10.6 Å². The Morgan fingerprint density at radius 2 is 1.71 bits per heavy atom. The van der Waals surface area contributed by atoms with Gasteiger partial charge in [-0.05, 0) is 48.5 Å². The van der Waals surface area contributed by atoms with Crippen molar-refractivity contribution in [2.75, 3.05) is 5.32 Å². The number of nitrogens with one attached hydrogen (secondary N) is 1. The maximum Gasteiger partial charge on any atom is 0.337 e. The highest BCUT2D eigenvalue weighted by Crippen LogP contribution is 2.20. The van der Waals surface area contributed by atoms with E-state index in [0.717, 1.165) is 16.6 Å². The summed E-state index contributed by atoms with van der Waals surface area (Å²) in [5.41, 5.74) is 0.592. The van der Waals surface area contributed by atoms with Crippen molar-refractivity contribution in [3.8, 4) is 0 Å². The molecule has 0 saturated carbocycles. The molecule has 5 nitrogen and oxygen atoms in total. The summed E-state index contributed by atoms with van der Waals surface area (Å²) in [6, 6.07) is 10.8. The molecule has 0 aliphatic heterocycles. The molecule has 0 heterocycles. The fraction of sp³-hybridized carbons (Fsp3) is 0. The average Bonchev–Trinajstić information content (AvgIpc) is 2.55. The first kappa shape index (κ1) is 17.9. The van der Waals surface area contributed by atoms with E-state index in [-0.39, 0.29) is 22.1 Å². The van der Waals surface area contributed by atoms with Crippen LogP contribution < -0.4 is 5.32 Å². The number of allylic oxidation sites excluding steroid dienone is 1. The van der Waals surface area contributed by atoms with E-state index in [2.05, 4.69) is 21.2 Å². The fourth-order valence-electron chi connectivity index (χ4n) is 1.81. The van der Waals surface area contributed by atoms with E-state index in [1.165, 1.54) is 18.2 Å². The average molecular weight is 409 g/mol. The van der Waals surface area contributed by atoms with Gasteiger partial charge in [-0.3, -0.25) is 9.59 Å². The monoisotopic (exact) mass is 407 g/mol. The van der Waals surface area contributed by atoms with Gasteiger partial charge in [-0.1, -0.05) is 27.5 Å². The molecule has 0 unspecified atom stereocenters. The molecule has 2 rings (SSSR count). The van der Waals surface area contributed by atoms with Gasteiger partial charge in [0.2, 0.25) is 5.91 Å². The van der Waals surface area contributed by atoms with Crippen molar-refractivity contribution in [3.05, 3.63) is 75.2 Å². The van der Waals surface area contributed by atoms with Crippen LogP contribution in [0.3, 0.4) is 0 Å². The van der Waals surface area contributed by atoms with Gasteiger partial charge in [0.1, 0.15) is 0 Å². The zero-order valence-corrected chi connectivity index (χ0v) is 14.5. The van der Waals surface area contributed by atoms with Gasteiger partial charge in [-0.25, -0.2) is 4.79 Å². The Hall–Kier alpha value is -2.44. The second-order valence-corrected chi connectivity index (χ2v) is 6.02. The lowest BCUT2D eigenvalue weighted by Gasteiger charge is -2.05. The predicted octanol–water partition coefficient (Wildman–Crippen LogP) is 4.18. The number of hydrogen-bond acceptors (Lipinski definition) is 3. The van der Waals surface area contributed by atoms with E-state index in [9.17, 15) is 14.4 Å². The molecular weight excluding hydrogens is 398 g/mol. The molecule has 122 valence electrons. The Balaban J connectivity index is 2.05. The van der Waals surface area contributed by atoms with Crippen LogP contribution in [0.2, 0.25) is 5.02 Å². The van der Waals surface area contributed by atoms with Crippen LogP contribution in [0.25, 0.3) is 0 Å². The van der Waals surface area contributed by atoms with Crippen molar-refractivity contribution >= 4 is 50.9 Å². The molecule has 0 aromatic heterocycles. The van der Waals surface area contributed by atoms with Gasteiger partial charge < -0.3 is 10.4 Å². The molecule has 0 bridgehead atoms. The van der Waals surface area contributed by atoms with Crippen LogP contribution in [0, 0.1) is 0 Å². The highest BCUT2D eigenvalue weighted by atomic mass is 79.9. The first-order valence-corrected chi connectivity index (χ1v) is 7.85. The molecule has 0 aliphatic carbocycles. The Bertz CT molecular complexity index is 831. The van der Waals surface area contributed by atoms with Crippen LogP contribution in [0.4, 0.5) is 5.69 Å². The summed E-state index contributed by atoms with van der Waals surface area (Å²) >= 11 is 9.02. The molecule has 24 heavy (non-hydrogen) atoms. The summed E-state index contributed by atoms with van der Waals surface area (Å²) in [5, 5.41) is 11.5. The van der Waals surface area contributed by atoms with Gasteiger partial charge in [0.25, 0.3) is 0 Å². The Kier molecular flexibility index (Phi) is 5.89. The Labute approximate surface area is 151 Å². The first-order chi connectivity index (χ1) is 11.4. The van der Waals surface area contributed by atoms with Gasteiger partial charge in [0.15, 0.2) is 5.78 Å². The number of hydrogen-bond donors (Lipinski definition) is 2. The standard InChI is InChI=1S/C17H11BrClNO4/c18-11-3-1-10(2-4-11)15(21)7-8-16(22)20-12-5-6-14(19)13(9-12)17(23)24/h1-9H,(H,20,22)(H,23,24)/b8-7+. The minimum atomic E-state index is -1.20. The topological polar surface area (TPSA) is 83.5 Å². The van der Waals surface area contributed by atoms with Crippen LogP contribution in [-0.4, -0.2) is 22.8 Å². The third-order valence-corrected chi connectivity index (χ3v) is 3.84. The number of halogens is 2. The molecule has 0 spiro atoms. The van der Waals surface area contributed by atoms with Crippen LogP contribution in [-0.2, 0) is 4.79 Å². The number of carbonyl (C=O) groups excluding carboxylic acids is 2. The highest BCUT2D eigenvalue weighted by molar-refractivity contribution is 9.10. The lowest BCUT2D eigenvalue weighted by atomic mass is 10.1. The van der Waals surface area contributed by atoms with Crippen LogP contribution in [0.5, 0.6) is 0 Å². The molecule has 0 radical (unpaired) electrons. The van der Waals surface area contributed by atoms with Crippen LogP contribution in [0.15, 0.2) is 59.1 Å². The van der Waals surface area contributed by atoms with Crippen molar-refractivity contribution in [2.24, 2.45) is 0 Å². The second-order valence-electron chi connectivity index (χ2n) is 4.69. The number of benzene rings is 2. The largest absolute Gasteiger partial charge is 0.478 e. The highest BCUT2D eigenvalue weighted by Gasteiger charge is 2.10. The summed E-state index contributed by atoms with van der Waals surface area (Å²) in [5.74, 6) is -2.07. The van der Waals surface area contributed by atoms with E-state index in [0.29, 0.717) is 5.56 Å². The maximum atomic E-state index is 11.9. The zero-order chi connectivity index (χ0) is 17.7. The molecule has 0 saturated heterocycles. The minimum Gasteiger partial charge on any atom is -0.478 e. The smallest absolute Gasteiger partial charge is 0.337 e. The summed E-state index contributed by atoms with van der Waals surface area (Å²) in [7, 11) is 0. The number of carbonyl (C=O) groups is 3. The normalized spacial score (nSPS) is 10.6. The fourth-order valence-corrected chi connectivity index (χ4v) is 2.28. The molecule has 0 fully saturated rings. The molecule has 0 atom stereocenters. The number of carboxylic acid groups (broad SMARTS) is 1. The number of aromatic carboxylic acids is 1. The minimum absolute atomic E-state index is 0.0708. The zero-order valence-electron chi connectivity index (χ0n) is 12.1. The number of carboxylic acids is 1. The Morgan fingerprint density at radius 1 is 1.04 bits per heavy atom. The van der Waals surface area contributed by atoms with Crippen molar-refractivity contribution < 1.29 is 19.5 Å². The van der Waals surface area contributed by atoms with Gasteiger partial charge in [-0.2, -0.15) is 0 Å². The molecule has 2 N–H and O–H groups in total. The van der Waals surface area contributed by atoms with E-state index >= 15 is 0 Å². The molecular formula is C17H11BrClNO4. The third kappa shape index (κ3) is 4.78. The molecule has 7 heteroatoms. The van der Waals surface area contributed by atoms with Crippen LogP contribution >= 0.6 is 27.5 Å². The lowest BCUT2D eigenvalue weighted by Crippen LogP contribution is -2.10. The van der Waals surface area contributed by atoms with Crippen molar-refractivity contribution in [1.82, 2.24) is 0 Å². The molecule has 1 amide bonds. The number of anilines is 1. The number of amides is 1. The van der Waals surface area contributed by atoms with E-state index < -0.39 is 11.9 Å². The van der Waals surface area contributed by atoms with Gasteiger partial charge in [-0.15, -0.1) is 0 Å². The quantitative estimate of drug-likeness (QED) is 0.574. The number of ketones is 1. The van der Waals surface area contributed by atoms with Gasteiger partial charge >= 0.3 is 5.97 Å². The number of rotatable bonds is 5. The van der Waals surface area contributed by atoms with E-state index in [1.54, 1.807) is 24.3 Å². The molecule has 2 aromatic rings. The SMILES string of the molecule is O=C(/C=C/C(=O)c1ccc(Br)cc1)Nc1ccc(Cl)c(C(=O)O)c1. The third-order valence-electron chi connectivity index (χ3n) is 2.98. The van der Waals surface area contributed by atoms with E-state index in [4.69, 9.17) is 16.7 Å². The molecule has 0 aliphatic rings. The summed E-state index contributed by atoms with van der Waals surface area (Å²) in [6.45, 7) is 0. The van der Waals surface area contributed by atoms with Gasteiger partial charge in [0, 0.05) is 21.8 Å². The second kappa shape index (κ2) is 7.90. The van der Waals surface area contributed by atoms with Crippen molar-refractivity contribution in [1.29, 1.82) is 0 Å². The van der Waals surface area contributed by atoms with Crippen molar-refractivity contribution in [3.63, 3.8) is 0 Å². The summed E-state index contributed by atoms with van der Waals surface area (Å²) in [6.07, 6.45) is 2.23. The van der Waals surface area contributed by atoms with Crippen molar-refractivity contribution in [2.45, 2.75) is 0 Å². The predicted molar refractivity (Wildman–Crippen MR) is 94.7 cm³/mol. The first-order valence-electron chi connectivity index (χ1n) is 6.68. The Morgan fingerprint density at radius 3 is 2.33 bits per heavy atom. The maximum absolute atomic E-state index is 11.9.